The third-order valence-electron chi connectivity index (χ3n) is 2.49. The van der Waals surface area contributed by atoms with E-state index in [4.69, 9.17) is 11.5 Å². The van der Waals surface area contributed by atoms with Gasteiger partial charge in [-0.2, -0.15) is 0 Å². The van der Waals surface area contributed by atoms with Gasteiger partial charge in [0.1, 0.15) is 0 Å². The molecular formula is C12H14N4OS. The summed E-state index contributed by atoms with van der Waals surface area (Å²) in [7, 11) is 0. The van der Waals surface area contributed by atoms with Crippen LogP contribution in [0.5, 0.6) is 0 Å². The fourth-order valence-electron chi connectivity index (χ4n) is 1.50. The number of aryl methyl sites for hydroxylation is 2. The highest BCUT2D eigenvalue weighted by molar-refractivity contribution is 7.15. The molecule has 0 aliphatic carbocycles. The van der Waals surface area contributed by atoms with Gasteiger partial charge in [-0.05, 0) is 32.0 Å². The largest absolute Gasteiger partial charge is 0.399 e. The Labute approximate surface area is 109 Å². The Hall–Kier alpha value is -2.08. The van der Waals surface area contributed by atoms with Gasteiger partial charge in [0.15, 0.2) is 5.13 Å². The van der Waals surface area contributed by atoms with Crippen LogP contribution >= 0.6 is 11.3 Å². The average molecular weight is 262 g/mol. The van der Waals surface area contributed by atoms with Crippen molar-refractivity contribution in [3.63, 3.8) is 0 Å². The van der Waals surface area contributed by atoms with Gasteiger partial charge in [-0.3, -0.25) is 10.1 Å². The van der Waals surface area contributed by atoms with Gasteiger partial charge in [-0.15, -0.1) is 11.3 Å². The lowest BCUT2D eigenvalue weighted by molar-refractivity contribution is 0.102. The molecule has 0 radical (unpaired) electrons. The van der Waals surface area contributed by atoms with Crippen LogP contribution in [-0.4, -0.2) is 10.9 Å². The summed E-state index contributed by atoms with van der Waals surface area (Å²) in [6.45, 7) is 3.86. The summed E-state index contributed by atoms with van der Waals surface area (Å²) in [5.74, 6) is -0.261. The predicted octanol–water partition coefficient (Wildman–Crippen LogP) is 2.18. The Morgan fingerprint density at radius 3 is 2.33 bits per heavy atom. The number of nitrogens with two attached hydrogens (primary N) is 2. The highest BCUT2D eigenvalue weighted by Crippen LogP contribution is 2.22. The smallest absolute Gasteiger partial charge is 0.257 e. The van der Waals surface area contributed by atoms with Crippen LogP contribution in [0.15, 0.2) is 18.2 Å². The number of hydrogen-bond donors (Lipinski definition) is 3. The molecule has 1 heterocycles. The minimum atomic E-state index is -0.261. The van der Waals surface area contributed by atoms with E-state index in [9.17, 15) is 4.79 Å². The van der Waals surface area contributed by atoms with E-state index >= 15 is 0 Å². The molecule has 0 saturated heterocycles. The van der Waals surface area contributed by atoms with Crippen molar-refractivity contribution in [1.82, 2.24) is 4.98 Å². The summed E-state index contributed by atoms with van der Waals surface area (Å²) >= 11 is 1.44. The SMILES string of the molecule is Cc1nc(NC(=O)c2cc(N)cc(N)c2)sc1C. The van der Waals surface area contributed by atoms with Crippen LogP contribution in [0.3, 0.4) is 0 Å². The number of carbonyl (C=O) groups excluding carboxylic acids is 1. The lowest BCUT2D eigenvalue weighted by Gasteiger charge is -2.04. The number of thiazole rings is 1. The van der Waals surface area contributed by atoms with E-state index in [1.54, 1.807) is 18.2 Å². The highest BCUT2D eigenvalue weighted by Gasteiger charge is 2.11. The number of hydrogen-bond acceptors (Lipinski definition) is 5. The molecule has 0 saturated carbocycles. The molecule has 94 valence electrons. The van der Waals surface area contributed by atoms with E-state index in [2.05, 4.69) is 10.3 Å². The van der Waals surface area contributed by atoms with Gasteiger partial charge < -0.3 is 11.5 Å². The van der Waals surface area contributed by atoms with Gasteiger partial charge in [0.05, 0.1) is 5.69 Å². The first-order valence-electron chi connectivity index (χ1n) is 5.37. The van der Waals surface area contributed by atoms with Gasteiger partial charge in [0.25, 0.3) is 5.91 Å². The quantitative estimate of drug-likeness (QED) is 0.723. The maximum absolute atomic E-state index is 12.0. The number of amides is 1. The number of benzene rings is 1. The van der Waals surface area contributed by atoms with Crippen molar-refractivity contribution in [2.75, 3.05) is 16.8 Å². The van der Waals surface area contributed by atoms with Gasteiger partial charge >= 0.3 is 0 Å². The van der Waals surface area contributed by atoms with E-state index < -0.39 is 0 Å². The average Bonchev–Trinajstić information content (AvgIpc) is 2.56. The van der Waals surface area contributed by atoms with E-state index in [1.165, 1.54) is 11.3 Å². The molecule has 0 aliphatic rings. The summed E-state index contributed by atoms with van der Waals surface area (Å²) in [5, 5.41) is 3.31. The number of carbonyl (C=O) groups is 1. The zero-order chi connectivity index (χ0) is 13.3. The molecule has 0 aliphatic heterocycles. The van der Waals surface area contributed by atoms with Crippen molar-refractivity contribution in [1.29, 1.82) is 0 Å². The topological polar surface area (TPSA) is 94.0 Å². The second-order valence-corrected chi connectivity index (χ2v) is 5.21. The van der Waals surface area contributed by atoms with Crippen LogP contribution in [0, 0.1) is 13.8 Å². The van der Waals surface area contributed by atoms with Crippen molar-refractivity contribution in [3.05, 3.63) is 34.3 Å². The fourth-order valence-corrected chi connectivity index (χ4v) is 2.31. The number of nitrogens with one attached hydrogen (secondary N) is 1. The van der Waals surface area contributed by atoms with Crippen molar-refractivity contribution < 1.29 is 4.79 Å². The Balaban J connectivity index is 2.21. The first-order chi connectivity index (χ1) is 8.45. The lowest BCUT2D eigenvalue weighted by Crippen LogP contribution is -2.12. The Kier molecular flexibility index (Phi) is 3.20. The normalized spacial score (nSPS) is 10.3. The molecule has 6 heteroatoms. The molecule has 0 atom stereocenters. The van der Waals surface area contributed by atoms with E-state index in [0.29, 0.717) is 22.1 Å². The maximum Gasteiger partial charge on any atom is 0.257 e. The standard InChI is InChI=1S/C12H14N4OS/c1-6-7(2)18-12(15-6)16-11(17)8-3-9(13)5-10(14)4-8/h3-5H,13-14H2,1-2H3,(H,15,16,17). The molecule has 0 spiro atoms. The molecule has 18 heavy (non-hydrogen) atoms. The van der Waals surface area contributed by atoms with Crippen LogP contribution in [0.25, 0.3) is 0 Å². The summed E-state index contributed by atoms with van der Waals surface area (Å²) in [6.07, 6.45) is 0. The minimum absolute atomic E-state index is 0.261. The van der Waals surface area contributed by atoms with Crippen LogP contribution in [0.4, 0.5) is 16.5 Å². The summed E-state index contributed by atoms with van der Waals surface area (Å²) in [5.41, 5.74) is 13.6. The summed E-state index contributed by atoms with van der Waals surface area (Å²) in [4.78, 5) is 17.3. The number of nitrogens with zero attached hydrogens (tertiary/aromatic N) is 1. The second-order valence-electron chi connectivity index (χ2n) is 4.00. The number of rotatable bonds is 2. The maximum atomic E-state index is 12.0. The third-order valence-corrected chi connectivity index (χ3v) is 3.48. The number of aromatic nitrogens is 1. The predicted molar refractivity (Wildman–Crippen MR) is 74.8 cm³/mol. The fraction of sp³-hybridized carbons (Fsp3) is 0.167. The molecule has 1 aromatic heterocycles. The van der Waals surface area contributed by atoms with Gasteiger partial charge in [-0.1, -0.05) is 0 Å². The van der Waals surface area contributed by atoms with Crippen LogP contribution in [0.2, 0.25) is 0 Å². The van der Waals surface area contributed by atoms with Crippen molar-refractivity contribution >= 4 is 33.8 Å². The molecule has 5 N–H and O–H groups in total. The zero-order valence-electron chi connectivity index (χ0n) is 10.2. The van der Waals surface area contributed by atoms with Crippen molar-refractivity contribution in [3.8, 4) is 0 Å². The van der Waals surface area contributed by atoms with Crippen molar-refractivity contribution in [2.45, 2.75) is 13.8 Å². The minimum Gasteiger partial charge on any atom is -0.399 e. The van der Waals surface area contributed by atoms with Gasteiger partial charge in [0, 0.05) is 21.8 Å². The monoisotopic (exact) mass is 262 g/mol. The third kappa shape index (κ3) is 2.60. The zero-order valence-corrected chi connectivity index (χ0v) is 11.0. The number of anilines is 3. The van der Waals surface area contributed by atoms with Gasteiger partial charge in [0.2, 0.25) is 0 Å². The lowest BCUT2D eigenvalue weighted by atomic mass is 10.1. The van der Waals surface area contributed by atoms with E-state index in [-0.39, 0.29) is 5.91 Å². The second kappa shape index (κ2) is 4.66. The van der Waals surface area contributed by atoms with Crippen LogP contribution in [-0.2, 0) is 0 Å². The molecule has 0 fully saturated rings. The number of nitrogen functional groups attached to an aromatic ring is 2. The molecular weight excluding hydrogens is 248 g/mol. The van der Waals surface area contributed by atoms with Crippen molar-refractivity contribution in [2.24, 2.45) is 0 Å². The molecule has 5 nitrogen and oxygen atoms in total. The summed E-state index contributed by atoms with van der Waals surface area (Å²) in [6, 6.07) is 4.77. The molecule has 1 aromatic carbocycles. The Morgan fingerprint density at radius 1 is 1.22 bits per heavy atom. The molecule has 2 aromatic rings. The Morgan fingerprint density at radius 2 is 1.83 bits per heavy atom. The van der Waals surface area contributed by atoms with Crippen LogP contribution in [0.1, 0.15) is 20.9 Å². The Bertz CT molecular complexity index is 566. The van der Waals surface area contributed by atoms with Crippen LogP contribution < -0.4 is 16.8 Å². The first kappa shape index (κ1) is 12.4. The summed E-state index contributed by atoms with van der Waals surface area (Å²) < 4.78 is 0. The van der Waals surface area contributed by atoms with E-state index in [1.807, 2.05) is 13.8 Å². The molecule has 1 amide bonds. The molecule has 2 rings (SSSR count). The van der Waals surface area contributed by atoms with Gasteiger partial charge in [-0.25, -0.2) is 4.98 Å². The molecule has 0 bridgehead atoms. The highest BCUT2D eigenvalue weighted by atomic mass is 32.1. The first-order valence-corrected chi connectivity index (χ1v) is 6.19. The van der Waals surface area contributed by atoms with E-state index in [0.717, 1.165) is 10.6 Å². The molecule has 0 unspecified atom stereocenters.